The molecule has 0 bridgehead atoms. The second-order valence-corrected chi connectivity index (χ2v) is 5.44. The van der Waals surface area contributed by atoms with Gasteiger partial charge in [-0.05, 0) is 40.6 Å². The van der Waals surface area contributed by atoms with Crippen LogP contribution in [0.4, 0.5) is 8.78 Å². The lowest BCUT2D eigenvalue weighted by atomic mass is 10.0. The number of amides is 1. The normalized spacial score (nSPS) is 12.1. The molecule has 0 aromatic heterocycles. The number of benzene rings is 3. The van der Waals surface area contributed by atoms with E-state index in [2.05, 4.69) is 5.32 Å². The maximum atomic E-state index is 13.3. The van der Waals surface area contributed by atoms with E-state index in [0.29, 0.717) is 0 Å². The van der Waals surface area contributed by atoms with Crippen molar-refractivity contribution in [2.24, 2.45) is 0 Å². The third-order valence-corrected chi connectivity index (χ3v) is 3.85. The summed E-state index contributed by atoms with van der Waals surface area (Å²) in [5.41, 5.74) is 0.722. The van der Waals surface area contributed by atoms with Gasteiger partial charge in [0.15, 0.2) is 11.6 Å². The topological polar surface area (TPSA) is 49.3 Å². The minimum Gasteiger partial charge on any atom is -0.394 e. The van der Waals surface area contributed by atoms with Crippen LogP contribution in [0.1, 0.15) is 22.0 Å². The molecule has 3 nitrogen and oxygen atoms in total. The predicted octanol–water partition coefficient (Wildman–Crippen LogP) is 3.58. The van der Waals surface area contributed by atoms with Gasteiger partial charge in [0.05, 0.1) is 12.6 Å². The van der Waals surface area contributed by atoms with Crippen molar-refractivity contribution in [2.45, 2.75) is 6.04 Å². The van der Waals surface area contributed by atoms with Gasteiger partial charge in [0.25, 0.3) is 5.91 Å². The van der Waals surface area contributed by atoms with E-state index < -0.39 is 23.6 Å². The van der Waals surface area contributed by atoms with Crippen LogP contribution in [0.25, 0.3) is 10.8 Å². The van der Waals surface area contributed by atoms with E-state index in [-0.39, 0.29) is 12.2 Å². The van der Waals surface area contributed by atoms with Crippen molar-refractivity contribution in [3.63, 3.8) is 0 Å². The number of aliphatic hydroxyl groups excluding tert-OH is 1. The fraction of sp³-hybridized carbons (Fsp3) is 0.105. The van der Waals surface area contributed by atoms with Crippen LogP contribution in [-0.2, 0) is 0 Å². The second kappa shape index (κ2) is 6.76. The molecule has 1 amide bonds. The maximum absolute atomic E-state index is 13.3. The van der Waals surface area contributed by atoms with Gasteiger partial charge >= 0.3 is 0 Å². The molecule has 1 unspecified atom stereocenters. The summed E-state index contributed by atoms with van der Waals surface area (Å²) in [6.45, 7) is -0.312. The Hall–Kier alpha value is -2.79. The summed E-state index contributed by atoms with van der Waals surface area (Å²) in [5.74, 6) is -2.69. The fourth-order valence-corrected chi connectivity index (χ4v) is 2.54. The van der Waals surface area contributed by atoms with E-state index in [4.69, 9.17) is 0 Å². The van der Waals surface area contributed by atoms with Gasteiger partial charge in [-0.2, -0.15) is 0 Å². The lowest BCUT2D eigenvalue weighted by Crippen LogP contribution is -2.30. The zero-order chi connectivity index (χ0) is 17.1. The van der Waals surface area contributed by atoms with Gasteiger partial charge in [-0.1, -0.05) is 36.4 Å². The van der Waals surface area contributed by atoms with E-state index in [1.807, 2.05) is 42.5 Å². The zero-order valence-electron chi connectivity index (χ0n) is 12.7. The van der Waals surface area contributed by atoms with Gasteiger partial charge in [-0.15, -0.1) is 0 Å². The number of nitrogens with one attached hydrogen (secondary N) is 1. The molecule has 0 heterocycles. The Morgan fingerprint density at radius 1 is 0.958 bits per heavy atom. The molecule has 2 N–H and O–H groups in total. The number of hydrogen-bond acceptors (Lipinski definition) is 2. The zero-order valence-corrected chi connectivity index (χ0v) is 12.7. The van der Waals surface area contributed by atoms with Crippen molar-refractivity contribution in [3.05, 3.63) is 83.4 Å². The number of aliphatic hydroxyl groups is 1. The molecule has 0 spiro atoms. The molecule has 0 fully saturated rings. The summed E-state index contributed by atoms with van der Waals surface area (Å²) >= 11 is 0. The molecule has 3 aromatic rings. The average Bonchev–Trinajstić information content (AvgIpc) is 2.61. The van der Waals surface area contributed by atoms with Crippen LogP contribution in [0, 0.1) is 11.6 Å². The predicted molar refractivity (Wildman–Crippen MR) is 87.6 cm³/mol. The third-order valence-electron chi connectivity index (χ3n) is 3.85. The van der Waals surface area contributed by atoms with E-state index in [0.717, 1.165) is 28.5 Å². The first-order chi connectivity index (χ1) is 11.6. The first-order valence-electron chi connectivity index (χ1n) is 7.44. The Labute approximate surface area is 137 Å². The summed E-state index contributed by atoms with van der Waals surface area (Å²) in [7, 11) is 0. The Morgan fingerprint density at radius 2 is 1.71 bits per heavy atom. The van der Waals surface area contributed by atoms with Gasteiger partial charge < -0.3 is 10.4 Å². The second-order valence-electron chi connectivity index (χ2n) is 5.44. The molecule has 0 aliphatic heterocycles. The van der Waals surface area contributed by atoms with Crippen molar-refractivity contribution in [1.82, 2.24) is 5.32 Å². The minimum atomic E-state index is -1.09. The SMILES string of the molecule is O=C(NC(CO)c1ccc2ccccc2c1)c1ccc(F)c(F)c1. The minimum absolute atomic E-state index is 0.00635. The van der Waals surface area contributed by atoms with Gasteiger partial charge in [0.1, 0.15) is 0 Å². The quantitative estimate of drug-likeness (QED) is 0.769. The van der Waals surface area contributed by atoms with Crippen molar-refractivity contribution >= 4 is 16.7 Å². The van der Waals surface area contributed by atoms with E-state index in [1.165, 1.54) is 6.07 Å². The highest BCUT2D eigenvalue weighted by atomic mass is 19.2. The molecule has 0 aliphatic rings. The Bertz CT molecular complexity index is 895. The number of carbonyl (C=O) groups excluding carboxylic acids is 1. The molecule has 0 saturated heterocycles. The van der Waals surface area contributed by atoms with Crippen molar-refractivity contribution in [1.29, 1.82) is 0 Å². The summed E-state index contributed by atoms with van der Waals surface area (Å²) in [4.78, 5) is 12.2. The number of hydrogen-bond donors (Lipinski definition) is 2. The first kappa shape index (κ1) is 16.1. The molecule has 0 radical (unpaired) electrons. The van der Waals surface area contributed by atoms with Gasteiger partial charge in [0, 0.05) is 5.56 Å². The van der Waals surface area contributed by atoms with Gasteiger partial charge in [0.2, 0.25) is 0 Å². The van der Waals surface area contributed by atoms with Crippen LogP contribution in [0.2, 0.25) is 0 Å². The lowest BCUT2D eigenvalue weighted by molar-refractivity contribution is 0.0915. The largest absolute Gasteiger partial charge is 0.394 e. The van der Waals surface area contributed by atoms with Crippen LogP contribution in [0.3, 0.4) is 0 Å². The maximum Gasteiger partial charge on any atom is 0.251 e. The van der Waals surface area contributed by atoms with Crippen molar-refractivity contribution in [2.75, 3.05) is 6.61 Å². The van der Waals surface area contributed by atoms with Crippen molar-refractivity contribution < 1.29 is 18.7 Å². The number of rotatable bonds is 4. The smallest absolute Gasteiger partial charge is 0.251 e. The van der Waals surface area contributed by atoms with Crippen LogP contribution in [0.5, 0.6) is 0 Å². The highest BCUT2D eigenvalue weighted by Crippen LogP contribution is 2.21. The molecule has 0 saturated carbocycles. The van der Waals surface area contributed by atoms with E-state index in [1.54, 1.807) is 0 Å². The summed E-state index contributed by atoms with van der Waals surface area (Å²) in [5, 5.41) is 14.3. The molecular weight excluding hydrogens is 312 g/mol. The van der Waals surface area contributed by atoms with Crippen LogP contribution >= 0.6 is 0 Å². The molecular formula is C19H15F2NO2. The van der Waals surface area contributed by atoms with Crippen LogP contribution in [0.15, 0.2) is 60.7 Å². The molecule has 1 atom stereocenters. The first-order valence-corrected chi connectivity index (χ1v) is 7.44. The molecule has 122 valence electrons. The van der Waals surface area contributed by atoms with E-state index in [9.17, 15) is 18.7 Å². The standard InChI is InChI=1S/C19H15F2NO2/c20-16-8-7-15(10-17(16)21)19(24)22-18(11-23)14-6-5-12-3-1-2-4-13(12)9-14/h1-10,18,23H,11H2,(H,22,24). The summed E-state index contributed by atoms with van der Waals surface area (Å²) < 4.78 is 26.2. The highest BCUT2D eigenvalue weighted by molar-refractivity contribution is 5.94. The number of halogens is 2. The van der Waals surface area contributed by atoms with E-state index >= 15 is 0 Å². The number of fused-ring (bicyclic) bond motifs is 1. The highest BCUT2D eigenvalue weighted by Gasteiger charge is 2.16. The Balaban J connectivity index is 1.84. The van der Waals surface area contributed by atoms with Crippen molar-refractivity contribution in [3.8, 4) is 0 Å². The van der Waals surface area contributed by atoms with Crippen LogP contribution in [-0.4, -0.2) is 17.6 Å². The molecule has 3 rings (SSSR count). The van der Waals surface area contributed by atoms with Gasteiger partial charge in [-0.3, -0.25) is 4.79 Å². The monoisotopic (exact) mass is 327 g/mol. The molecule has 3 aromatic carbocycles. The van der Waals surface area contributed by atoms with Crippen LogP contribution < -0.4 is 5.32 Å². The number of carbonyl (C=O) groups is 1. The Kier molecular flexibility index (Phi) is 4.53. The molecule has 24 heavy (non-hydrogen) atoms. The summed E-state index contributed by atoms with van der Waals surface area (Å²) in [6.07, 6.45) is 0. The average molecular weight is 327 g/mol. The summed E-state index contributed by atoms with van der Waals surface area (Å²) in [6, 6.07) is 15.6. The molecule has 5 heteroatoms. The molecule has 0 aliphatic carbocycles. The lowest BCUT2D eigenvalue weighted by Gasteiger charge is -2.17. The third kappa shape index (κ3) is 3.26. The van der Waals surface area contributed by atoms with Gasteiger partial charge in [-0.25, -0.2) is 8.78 Å². The fourth-order valence-electron chi connectivity index (χ4n) is 2.54. The Morgan fingerprint density at radius 3 is 2.42 bits per heavy atom.